The number of unbranched alkanes of at least 4 members (excludes halogenated alkanes) is 1. The van der Waals surface area contributed by atoms with Gasteiger partial charge in [-0.25, -0.2) is 4.39 Å². The fraction of sp³-hybridized carbons (Fsp3) is 0.571. The van der Waals surface area contributed by atoms with Crippen molar-refractivity contribution in [2.24, 2.45) is 5.73 Å². The molecule has 1 aromatic rings. The number of nitrogens with two attached hydrogens (primary N) is 1. The van der Waals surface area contributed by atoms with Crippen molar-refractivity contribution in [1.82, 2.24) is 4.90 Å². The third-order valence-corrected chi connectivity index (χ3v) is 2.90. The number of nitrogens with zero attached hydrogens (tertiary/aromatic N) is 1. The van der Waals surface area contributed by atoms with Crippen molar-refractivity contribution in [3.8, 4) is 0 Å². The lowest BCUT2D eigenvalue weighted by Crippen LogP contribution is -2.27. The maximum Gasteiger partial charge on any atom is 0.123 e. The molecule has 0 saturated heterocycles. The summed E-state index contributed by atoms with van der Waals surface area (Å²) in [6, 6.07) is 4.93. The van der Waals surface area contributed by atoms with Gasteiger partial charge in [-0.2, -0.15) is 0 Å². The summed E-state index contributed by atoms with van der Waals surface area (Å²) >= 11 is 0. The average Bonchev–Trinajstić information content (AvgIpc) is 2.35. The van der Waals surface area contributed by atoms with Crippen LogP contribution in [0.2, 0.25) is 0 Å². The van der Waals surface area contributed by atoms with Crippen LogP contribution in [0.15, 0.2) is 18.2 Å². The predicted octanol–water partition coefficient (Wildman–Crippen LogP) is 1.88. The van der Waals surface area contributed by atoms with Gasteiger partial charge in [-0.05, 0) is 36.2 Å². The third-order valence-electron chi connectivity index (χ3n) is 2.90. The third kappa shape index (κ3) is 5.12. The molecule has 0 atom stereocenters. The highest BCUT2D eigenvalue weighted by molar-refractivity contribution is 5.24. The van der Waals surface area contributed by atoms with Crippen LogP contribution in [0.4, 0.5) is 4.39 Å². The van der Waals surface area contributed by atoms with Gasteiger partial charge in [0.1, 0.15) is 5.82 Å². The first-order valence-electron chi connectivity index (χ1n) is 6.51. The van der Waals surface area contributed by atoms with Gasteiger partial charge in [-0.15, -0.1) is 0 Å². The molecule has 1 rings (SSSR count). The minimum absolute atomic E-state index is 0.128. The molecule has 0 aliphatic carbocycles. The molecule has 0 amide bonds. The number of hydrogen-bond donors (Lipinski definition) is 2. The SMILES string of the molecule is CCCCN(CCO)Cc1cc(F)cc(CN)c1. The maximum atomic E-state index is 13.4. The van der Waals surface area contributed by atoms with Crippen LogP contribution < -0.4 is 5.73 Å². The first-order valence-corrected chi connectivity index (χ1v) is 6.51. The second kappa shape index (κ2) is 8.19. The smallest absolute Gasteiger partial charge is 0.123 e. The van der Waals surface area contributed by atoms with Crippen LogP contribution in [0, 0.1) is 5.82 Å². The molecule has 102 valence electrons. The predicted molar refractivity (Wildman–Crippen MR) is 71.6 cm³/mol. The molecule has 0 heterocycles. The summed E-state index contributed by atoms with van der Waals surface area (Å²) in [7, 11) is 0. The van der Waals surface area contributed by atoms with E-state index in [1.807, 2.05) is 6.07 Å². The van der Waals surface area contributed by atoms with E-state index in [2.05, 4.69) is 11.8 Å². The Morgan fingerprint density at radius 3 is 2.56 bits per heavy atom. The number of aliphatic hydroxyl groups is 1. The van der Waals surface area contributed by atoms with E-state index in [0.29, 0.717) is 19.6 Å². The molecule has 0 aliphatic heterocycles. The van der Waals surface area contributed by atoms with E-state index in [0.717, 1.165) is 30.5 Å². The Morgan fingerprint density at radius 1 is 1.22 bits per heavy atom. The lowest BCUT2D eigenvalue weighted by molar-refractivity contribution is 0.188. The molecule has 18 heavy (non-hydrogen) atoms. The standard InChI is InChI=1S/C14H23FN2O/c1-2-3-4-17(5-6-18)11-13-7-12(10-16)8-14(15)9-13/h7-9,18H,2-6,10-11,16H2,1H3. The van der Waals surface area contributed by atoms with Gasteiger partial charge >= 0.3 is 0 Å². The molecular weight excluding hydrogens is 231 g/mol. The van der Waals surface area contributed by atoms with Crippen molar-refractivity contribution in [3.63, 3.8) is 0 Å². The largest absolute Gasteiger partial charge is 0.395 e. The fourth-order valence-corrected chi connectivity index (χ4v) is 1.98. The van der Waals surface area contributed by atoms with E-state index in [9.17, 15) is 4.39 Å². The van der Waals surface area contributed by atoms with E-state index in [1.165, 1.54) is 12.1 Å². The highest BCUT2D eigenvalue weighted by Crippen LogP contribution is 2.12. The van der Waals surface area contributed by atoms with Gasteiger partial charge in [0.15, 0.2) is 0 Å². The van der Waals surface area contributed by atoms with Gasteiger partial charge in [0.05, 0.1) is 6.61 Å². The van der Waals surface area contributed by atoms with E-state index in [1.54, 1.807) is 0 Å². The minimum atomic E-state index is -0.243. The zero-order chi connectivity index (χ0) is 13.4. The van der Waals surface area contributed by atoms with E-state index in [-0.39, 0.29) is 12.4 Å². The van der Waals surface area contributed by atoms with Crippen LogP contribution in [0.3, 0.4) is 0 Å². The molecule has 0 aliphatic rings. The van der Waals surface area contributed by atoms with Crippen LogP contribution in [0.5, 0.6) is 0 Å². The van der Waals surface area contributed by atoms with Crippen molar-refractivity contribution in [2.45, 2.75) is 32.9 Å². The zero-order valence-corrected chi connectivity index (χ0v) is 11.0. The van der Waals surface area contributed by atoms with Crippen molar-refractivity contribution in [3.05, 3.63) is 35.1 Å². The summed E-state index contributed by atoms with van der Waals surface area (Å²) in [6.45, 7) is 4.81. The van der Waals surface area contributed by atoms with Crippen molar-refractivity contribution >= 4 is 0 Å². The molecule has 0 unspecified atom stereocenters. The Hall–Kier alpha value is -0.970. The van der Waals surface area contributed by atoms with Crippen molar-refractivity contribution < 1.29 is 9.50 Å². The average molecular weight is 254 g/mol. The van der Waals surface area contributed by atoms with E-state index >= 15 is 0 Å². The Bertz CT molecular complexity index is 358. The van der Waals surface area contributed by atoms with E-state index in [4.69, 9.17) is 10.8 Å². The molecular formula is C14H23FN2O. The molecule has 3 N–H and O–H groups in total. The monoisotopic (exact) mass is 254 g/mol. The molecule has 0 spiro atoms. The first-order chi connectivity index (χ1) is 8.69. The molecule has 3 nitrogen and oxygen atoms in total. The highest BCUT2D eigenvalue weighted by Gasteiger charge is 2.07. The number of hydrogen-bond acceptors (Lipinski definition) is 3. The molecule has 0 aromatic heterocycles. The Balaban J connectivity index is 2.69. The number of halogens is 1. The Labute approximate surface area is 108 Å². The molecule has 0 fully saturated rings. The Kier molecular flexibility index (Phi) is 6.86. The van der Waals surface area contributed by atoms with Gasteiger partial charge in [-0.1, -0.05) is 19.4 Å². The fourth-order valence-electron chi connectivity index (χ4n) is 1.98. The molecule has 1 aromatic carbocycles. The van der Waals surface area contributed by atoms with E-state index < -0.39 is 0 Å². The second-order valence-corrected chi connectivity index (χ2v) is 4.53. The molecule has 0 saturated carbocycles. The topological polar surface area (TPSA) is 49.5 Å². The summed E-state index contributed by atoms with van der Waals surface area (Å²) in [5, 5.41) is 9.03. The normalized spacial score (nSPS) is 11.2. The zero-order valence-electron chi connectivity index (χ0n) is 11.0. The number of aliphatic hydroxyl groups excluding tert-OH is 1. The number of rotatable bonds is 8. The lowest BCUT2D eigenvalue weighted by atomic mass is 10.1. The minimum Gasteiger partial charge on any atom is -0.395 e. The summed E-state index contributed by atoms with van der Waals surface area (Å²) in [5.41, 5.74) is 7.26. The summed E-state index contributed by atoms with van der Waals surface area (Å²) < 4.78 is 13.4. The Morgan fingerprint density at radius 2 is 1.94 bits per heavy atom. The quantitative estimate of drug-likeness (QED) is 0.744. The van der Waals surface area contributed by atoms with Crippen LogP contribution in [0.25, 0.3) is 0 Å². The highest BCUT2D eigenvalue weighted by atomic mass is 19.1. The van der Waals surface area contributed by atoms with Crippen LogP contribution >= 0.6 is 0 Å². The number of benzene rings is 1. The molecule has 0 radical (unpaired) electrons. The van der Waals surface area contributed by atoms with Crippen LogP contribution in [-0.2, 0) is 13.1 Å². The van der Waals surface area contributed by atoms with Crippen LogP contribution in [-0.4, -0.2) is 29.7 Å². The van der Waals surface area contributed by atoms with Crippen molar-refractivity contribution in [1.29, 1.82) is 0 Å². The lowest BCUT2D eigenvalue weighted by Gasteiger charge is -2.21. The first kappa shape index (κ1) is 15.1. The summed E-state index contributed by atoms with van der Waals surface area (Å²) in [5.74, 6) is -0.243. The van der Waals surface area contributed by atoms with Gasteiger partial charge in [0, 0.05) is 19.6 Å². The van der Waals surface area contributed by atoms with Gasteiger partial charge in [0.25, 0.3) is 0 Å². The van der Waals surface area contributed by atoms with Gasteiger partial charge in [0.2, 0.25) is 0 Å². The van der Waals surface area contributed by atoms with Gasteiger partial charge < -0.3 is 10.8 Å². The second-order valence-electron chi connectivity index (χ2n) is 4.53. The molecule has 4 heteroatoms. The van der Waals surface area contributed by atoms with Crippen LogP contribution in [0.1, 0.15) is 30.9 Å². The summed E-state index contributed by atoms with van der Waals surface area (Å²) in [6.07, 6.45) is 2.19. The maximum absolute atomic E-state index is 13.4. The van der Waals surface area contributed by atoms with Gasteiger partial charge in [-0.3, -0.25) is 4.90 Å². The summed E-state index contributed by atoms with van der Waals surface area (Å²) in [4.78, 5) is 2.14. The van der Waals surface area contributed by atoms with Crippen molar-refractivity contribution in [2.75, 3.05) is 19.7 Å². The molecule has 0 bridgehead atoms.